The minimum absolute atomic E-state index is 0.00516. The van der Waals surface area contributed by atoms with Gasteiger partial charge in [0.15, 0.2) is 0 Å². The van der Waals surface area contributed by atoms with Crippen LogP contribution >= 0.6 is 0 Å². The standard InChI is InChI=1S/C10H17N3O4/c1-10(4-5-10)13-9(17)12-6(8(15)16)2-3-7(11)14/h6H,2-5H2,1H3,(H2,11,14)(H,15,16)(H2,12,13,17)/t6-/m1/s1. The molecule has 0 heterocycles. The maximum atomic E-state index is 11.5. The Hall–Kier alpha value is -1.79. The summed E-state index contributed by atoms with van der Waals surface area (Å²) in [6, 6.07) is -1.62. The molecule has 17 heavy (non-hydrogen) atoms. The van der Waals surface area contributed by atoms with Crippen LogP contribution in [-0.2, 0) is 9.59 Å². The number of amides is 3. The lowest BCUT2D eigenvalue weighted by Gasteiger charge is -2.17. The minimum Gasteiger partial charge on any atom is -0.480 e. The van der Waals surface area contributed by atoms with Gasteiger partial charge in [-0.15, -0.1) is 0 Å². The molecule has 1 atom stereocenters. The molecule has 1 aliphatic rings. The van der Waals surface area contributed by atoms with Gasteiger partial charge < -0.3 is 21.5 Å². The number of carbonyl (C=O) groups is 3. The van der Waals surface area contributed by atoms with Crippen LogP contribution in [0.5, 0.6) is 0 Å². The van der Waals surface area contributed by atoms with E-state index in [2.05, 4.69) is 10.6 Å². The number of hydrogen-bond acceptors (Lipinski definition) is 3. The van der Waals surface area contributed by atoms with Crippen LogP contribution in [0.3, 0.4) is 0 Å². The fourth-order valence-electron chi connectivity index (χ4n) is 1.32. The Morgan fingerprint density at radius 3 is 2.41 bits per heavy atom. The summed E-state index contributed by atoms with van der Waals surface area (Å²) >= 11 is 0. The number of aliphatic carboxylic acids is 1. The summed E-state index contributed by atoms with van der Waals surface area (Å²) in [7, 11) is 0. The highest BCUT2D eigenvalue weighted by Gasteiger charge is 2.39. The zero-order valence-electron chi connectivity index (χ0n) is 9.66. The van der Waals surface area contributed by atoms with Crippen molar-refractivity contribution < 1.29 is 19.5 Å². The molecule has 1 rings (SSSR count). The van der Waals surface area contributed by atoms with E-state index in [4.69, 9.17) is 10.8 Å². The molecule has 0 aliphatic heterocycles. The second-order valence-corrected chi connectivity index (χ2v) is 4.55. The largest absolute Gasteiger partial charge is 0.480 e. The van der Waals surface area contributed by atoms with Crippen LogP contribution < -0.4 is 16.4 Å². The molecule has 0 saturated heterocycles. The van der Waals surface area contributed by atoms with Crippen LogP contribution in [0.1, 0.15) is 32.6 Å². The van der Waals surface area contributed by atoms with Gasteiger partial charge in [-0.3, -0.25) is 4.79 Å². The van der Waals surface area contributed by atoms with Gasteiger partial charge in [0.05, 0.1) is 0 Å². The molecule has 0 aromatic rings. The van der Waals surface area contributed by atoms with Gasteiger partial charge in [0.1, 0.15) is 6.04 Å². The Kier molecular flexibility index (Phi) is 3.93. The first-order valence-electron chi connectivity index (χ1n) is 5.42. The van der Waals surface area contributed by atoms with Crippen molar-refractivity contribution in [1.82, 2.24) is 10.6 Å². The van der Waals surface area contributed by atoms with E-state index in [-0.39, 0.29) is 18.4 Å². The van der Waals surface area contributed by atoms with Crippen LogP contribution in [0.25, 0.3) is 0 Å². The second kappa shape index (κ2) is 5.03. The zero-order valence-corrected chi connectivity index (χ0v) is 9.66. The summed E-state index contributed by atoms with van der Waals surface area (Å²) in [6.45, 7) is 1.88. The molecule has 1 fully saturated rings. The van der Waals surface area contributed by atoms with Gasteiger partial charge in [0, 0.05) is 12.0 Å². The molecule has 1 saturated carbocycles. The molecule has 0 radical (unpaired) electrons. The Morgan fingerprint density at radius 1 is 1.41 bits per heavy atom. The van der Waals surface area contributed by atoms with E-state index >= 15 is 0 Å². The van der Waals surface area contributed by atoms with Crippen LogP contribution in [0.4, 0.5) is 4.79 Å². The molecule has 7 nitrogen and oxygen atoms in total. The number of nitrogens with two attached hydrogens (primary N) is 1. The first kappa shape index (κ1) is 13.3. The highest BCUT2D eigenvalue weighted by molar-refractivity contribution is 5.83. The lowest BCUT2D eigenvalue weighted by atomic mass is 10.1. The summed E-state index contributed by atoms with van der Waals surface area (Å²) in [5, 5.41) is 13.8. The maximum Gasteiger partial charge on any atom is 0.326 e. The number of urea groups is 1. The summed E-state index contributed by atoms with van der Waals surface area (Å²) in [5.41, 5.74) is 4.71. The average molecular weight is 243 g/mol. The highest BCUT2D eigenvalue weighted by atomic mass is 16.4. The Labute approximate surface area is 98.7 Å². The van der Waals surface area contributed by atoms with Crippen LogP contribution in [0, 0.1) is 0 Å². The van der Waals surface area contributed by atoms with Crippen LogP contribution in [0.15, 0.2) is 0 Å². The normalized spacial score (nSPS) is 17.9. The van der Waals surface area contributed by atoms with Crippen molar-refractivity contribution in [3.8, 4) is 0 Å². The molecule has 96 valence electrons. The van der Waals surface area contributed by atoms with Crippen molar-refractivity contribution in [2.24, 2.45) is 5.73 Å². The minimum atomic E-state index is -1.18. The van der Waals surface area contributed by atoms with Gasteiger partial charge in [-0.2, -0.15) is 0 Å². The maximum absolute atomic E-state index is 11.5. The first-order chi connectivity index (χ1) is 7.82. The predicted molar refractivity (Wildman–Crippen MR) is 59.2 cm³/mol. The van der Waals surface area contributed by atoms with E-state index in [0.29, 0.717) is 0 Å². The van der Waals surface area contributed by atoms with Gasteiger partial charge >= 0.3 is 12.0 Å². The highest BCUT2D eigenvalue weighted by Crippen LogP contribution is 2.33. The second-order valence-electron chi connectivity index (χ2n) is 4.55. The summed E-state index contributed by atoms with van der Waals surface area (Å²) in [6.07, 6.45) is 1.70. The van der Waals surface area contributed by atoms with Crippen molar-refractivity contribution in [3.05, 3.63) is 0 Å². The van der Waals surface area contributed by atoms with Gasteiger partial charge in [-0.25, -0.2) is 9.59 Å². The molecule has 7 heteroatoms. The van der Waals surface area contributed by atoms with Gasteiger partial charge in [0.2, 0.25) is 5.91 Å². The molecular weight excluding hydrogens is 226 g/mol. The number of nitrogens with one attached hydrogen (secondary N) is 2. The lowest BCUT2D eigenvalue weighted by molar-refractivity contribution is -0.139. The summed E-state index contributed by atoms with van der Waals surface area (Å²) in [5.74, 6) is -1.77. The third-order valence-corrected chi connectivity index (χ3v) is 2.70. The molecule has 3 amide bonds. The zero-order chi connectivity index (χ0) is 13.1. The van der Waals surface area contributed by atoms with E-state index in [1.165, 1.54) is 0 Å². The number of hydrogen-bond donors (Lipinski definition) is 4. The van der Waals surface area contributed by atoms with Gasteiger partial charge in [0.25, 0.3) is 0 Å². The number of rotatable bonds is 6. The molecule has 0 bridgehead atoms. The van der Waals surface area contributed by atoms with Gasteiger partial charge in [-0.1, -0.05) is 0 Å². The molecule has 0 aromatic carbocycles. The fourth-order valence-corrected chi connectivity index (χ4v) is 1.32. The Balaban J connectivity index is 2.39. The Morgan fingerprint density at radius 2 is 2.00 bits per heavy atom. The third-order valence-electron chi connectivity index (χ3n) is 2.70. The predicted octanol–water partition coefficient (Wildman–Crippen LogP) is -0.443. The first-order valence-corrected chi connectivity index (χ1v) is 5.42. The quantitative estimate of drug-likeness (QED) is 0.505. The number of primary amides is 1. The Bertz CT molecular complexity index is 338. The topological polar surface area (TPSA) is 122 Å². The number of carboxylic acids is 1. The molecule has 1 aliphatic carbocycles. The van der Waals surface area contributed by atoms with Crippen molar-refractivity contribution in [1.29, 1.82) is 0 Å². The SMILES string of the molecule is CC1(NC(=O)N[C@H](CCC(N)=O)C(=O)O)CC1. The van der Waals surface area contributed by atoms with Gasteiger partial charge in [-0.05, 0) is 26.2 Å². The molecule has 0 aromatic heterocycles. The molecular formula is C10H17N3O4. The van der Waals surface area contributed by atoms with E-state index in [9.17, 15) is 14.4 Å². The van der Waals surface area contributed by atoms with Crippen molar-refractivity contribution >= 4 is 17.9 Å². The van der Waals surface area contributed by atoms with Crippen molar-refractivity contribution in [2.45, 2.75) is 44.2 Å². The smallest absolute Gasteiger partial charge is 0.326 e. The van der Waals surface area contributed by atoms with E-state index in [1.807, 2.05) is 6.92 Å². The summed E-state index contributed by atoms with van der Waals surface area (Å²) < 4.78 is 0. The number of carbonyl (C=O) groups excluding carboxylic acids is 2. The van der Waals surface area contributed by atoms with Crippen LogP contribution in [0.2, 0.25) is 0 Å². The number of carboxylic acid groups (broad SMARTS) is 1. The van der Waals surface area contributed by atoms with Crippen molar-refractivity contribution in [2.75, 3.05) is 0 Å². The lowest BCUT2D eigenvalue weighted by Crippen LogP contribution is -2.49. The fraction of sp³-hybridized carbons (Fsp3) is 0.700. The molecule has 0 spiro atoms. The summed E-state index contributed by atoms with van der Waals surface area (Å²) in [4.78, 5) is 32.8. The van der Waals surface area contributed by atoms with Crippen molar-refractivity contribution in [3.63, 3.8) is 0 Å². The van der Waals surface area contributed by atoms with E-state index in [1.54, 1.807) is 0 Å². The molecule has 0 unspecified atom stereocenters. The monoisotopic (exact) mass is 243 g/mol. The third kappa shape index (κ3) is 4.71. The van der Waals surface area contributed by atoms with E-state index < -0.39 is 23.9 Å². The van der Waals surface area contributed by atoms with E-state index in [0.717, 1.165) is 12.8 Å². The average Bonchev–Trinajstić information content (AvgIpc) is 2.89. The van der Waals surface area contributed by atoms with Crippen LogP contribution in [-0.4, -0.2) is 34.6 Å². The molecule has 5 N–H and O–H groups in total.